The molecule has 0 unspecified atom stereocenters. The van der Waals surface area contributed by atoms with Crippen molar-refractivity contribution in [1.82, 2.24) is 0 Å². The summed E-state index contributed by atoms with van der Waals surface area (Å²) in [5, 5.41) is 2.83. The average Bonchev–Trinajstić information content (AvgIpc) is 2.65. The standard InChI is InChI=1S/C20H27N3O3S.ClH/c1-16-12-13-17(22-20(24)11-7-2-3-8-14-21)15-19(16)23-27(25,26)18-9-5-4-6-10-18;/h4-6,9-10,12-13,15,23H,2-3,7-8,11,14,21H2,1H3,(H,22,24);1H. The van der Waals surface area contributed by atoms with Crippen molar-refractivity contribution >= 4 is 39.7 Å². The molecule has 2 aromatic carbocycles. The van der Waals surface area contributed by atoms with E-state index in [1.807, 2.05) is 6.92 Å². The minimum absolute atomic E-state index is 0. The molecule has 0 heterocycles. The first-order valence-electron chi connectivity index (χ1n) is 9.11. The summed E-state index contributed by atoms with van der Waals surface area (Å²) >= 11 is 0. The fraction of sp³-hybridized carbons (Fsp3) is 0.350. The average molecular weight is 426 g/mol. The summed E-state index contributed by atoms with van der Waals surface area (Å²) in [6, 6.07) is 13.4. The lowest BCUT2D eigenvalue weighted by molar-refractivity contribution is -0.116. The first kappa shape index (κ1) is 23.9. The van der Waals surface area contributed by atoms with Gasteiger partial charge in [-0.05, 0) is 56.1 Å². The molecule has 1 amide bonds. The van der Waals surface area contributed by atoms with Crippen molar-refractivity contribution in [2.75, 3.05) is 16.6 Å². The zero-order valence-electron chi connectivity index (χ0n) is 16.0. The Kier molecular flexibility index (Phi) is 9.99. The summed E-state index contributed by atoms with van der Waals surface area (Å²) in [4.78, 5) is 12.3. The number of benzene rings is 2. The number of nitrogens with two attached hydrogens (primary N) is 1. The zero-order chi connectivity index (χ0) is 19.7. The van der Waals surface area contributed by atoms with Gasteiger partial charge in [0.05, 0.1) is 10.6 Å². The molecule has 2 rings (SSSR count). The molecule has 0 atom stereocenters. The molecular weight excluding hydrogens is 398 g/mol. The first-order valence-corrected chi connectivity index (χ1v) is 10.6. The minimum atomic E-state index is -3.68. The van der Waals surface area contributed by atoms with Gasteiger partial charge in [-0.3, -0.25) is 9.52 Å². The van der Waals surface area contributed by atoms with Gasteiger partial charge in [-0.2, -0.15) is 0 Å². The SMILES string of the molecule is Cc1ccc(NC(=O)CCCCCCN)cc1NS(=O)(=O)c1ccccc1.Cl. The summed E-state index contributed by atoms with van der Waals surface area (Å²) in [6.07, 6.45) is 4.22. The second-order valence-corrected chi connectivity index (χ2v) is 8.13. The van der Waals surface area contributed by atoms with Crippen LogP contribution in [0.1, 0.15) is 37.7 Å². The summed E-state index contributed by atoms with van der Waals surface area (Å²) in [6.45, 7) is 2.49. The number of anilines is 2. The Balaban J connectivity index is 0.00000392. The van der Waals surface area contributed by atoms with Gasteiger partial charge in [-0.25, -0.2) is 8.42 Å². The van der Waals surface area contributed by atoms with Crippen molar-refractivity contribution in [3.05, 3.63) is 54.1 Å². The van der Waals surface area contributed by atoms with Crippen LogP contribution < -0.4 is 15.8 Å². The van der Waals surface area contributed by atoms with Gasteiger partial charge >= 0.3 is 0 Å². The molecule has 0 saturated carbocycles. The number of halogens is 1. The number of unbranched alkanes of at least 4 members (excludes halogenated alkanes) is 3. The van der Waals surface area contributed by atoms with E-state index in [0.717, 1.165) is 31.2 Å². The number of carbonyl (C=O) groups excluding carboxylic acids is 1. The van der Waals surface area contributed by atoms with E-state index >= 15 is 0 Å². The van der Waals surface area contributed by atoms with Crippen molar-refractivity contribution in [2.45, 2.75) is 43.9 Å². The predicted octanol–water partition coefficient (Wildman–Crippen LogP) is 4.07. The maximum atomic E-state index is 12.5. The number of amides is 1. The number of hydrogen-bond acceptors (Lipinski definition) is 4. The van der Waals surface area contributed by atoms with Gasteiger partial charge in [0.2, 0.25) is 5.91 Å². The van der Waals surface area contributed by atoms with Crippen LogP contribution in [0.5, 0.6) is 0 Å². The van der Waals surface area contributed by atoms with Gasteiger partial charge in [0.1, 0.15) is 0 Å². The molecule has 0 aliphatic rings. The molecule has 2 aromatic rings. The molecule has 154 valence electrons. The Morgan fingerprint density at radius 1 is 1.00 bits per heavy atom. The minimum Gasteiger partial charge on any atom is -0.330 e. The smallest absolute Gasteiger partial charge is 0.261 e. The van der Waals surface area contributed by atoms with Gasteiger partial charge in [0.25, 0.3) is 10.0 Å². The lowest BCUT2D eigenvalue weighted by Gasteiger charge is -2.13. The largest absolute Gasteiger partial charge is 0.330 e. The van der Waals surface area contributed by atoms with Crippen LogP contribution in [0.3, 0.4) is 0 Å². The van der Waals surface area contributed by atoms with E-state index in [1.165, 1.54) is 12.1 Å². The summed E-state index contributed by atoms with van der Waals surface area (Å²) in [7, 11) is -3.68. The van der Waals surface area contributed by atoms with Crippen molar-refractivity contribution in [2.24, 2.45) is 5.73 Å². The molecule has 0 spiro atoms. The Hall–Kier alpha value is -2.09. The third-order valence-corrected chi connectivity index (χ3v) is 5.56. The molecule has 28 heavy (non-hydrogen) atoms. The molecule has 0 bridgehead atoms. The van der Waals surface area contributed by atoms with Crippen LogP contribution in [0.2, 0.25) is 0 Å². The third kappa shape index (κ3) is 7.50. The van der Waals surface area contributed by atoms with Crippen LogP contribution in [0.25, 0.3) is 0 Å². The molecule has 0 fully saturated rings. The molecule has 0 aliphatic heterocycles. The van der Waals surface area contributed by atoms with Crippen LogP contribution >= 0.6 is 12.4 Å². The number of rotatable bonds is 10. The maximum absolute atomic E-state index is 12.5. The van der Waals surface area contributed by atoms with E-state index in [4.69, 9.17) is 5.73 Å². The van der Waals surface area contributed by atoms with Gasteiger partial charge < -0.3 is 11.1 Å². The predicted molar refractivity (Wildman–Crippen MR) is 116 cm³/mol. The second-order valence-electron chi connectivity index (χ2n) is 6.45. The van der Waals surface area contributed by atoms with Crippen LogP contribution in [0.15, 0.2) is 53.4 Å². The highest BCUT2D eigenvalue weighted by molar-refractivity contribution is 7.92. The summed E-state index contributed by atoms with van der Waals surface area (Å²) in [5.74, 6) is -0.0801. The molecule has 4 N–H and O–H groups in total. The fourth-order valence-corrected chi connectivity index (χ4v) is 3.76. The number of sulfonamides is 1. The molecule has 8 heteroatoms. The lowest BCUT2D eigenvalue weighted by Crippen LogP contribution is -2.15. The Morgan fingerprint density at radius 2 is 1.68 bits per heavy atom. The van der Waals surface area contributed by atoms with E-state index in [0.29, 0.717) is 24.3 Å². The Bertz CT molecular complexity index is 858. The second kappa shape index (κ2) is 11.7. The van der Waals surface area contributed by atoms with Crippen molar-refractivity contribution in [3.8, 4) is 0 Å². The summed E-state index contributed by atoms with van der Waals surface area (Å²) in [5.41, 5.74) is 7.24. The van der Waals surface area contributed by atoms with Crippen molar-refractivity contribution < 1.29 is 13.2 Å². The number of nitrogens with one attached hydrogen (secondary N) is 2. The Labute approximate surface area is 173 Å². The highest BCUT2D eigenvalue weighted by Crippen LogP contribution is 2.23. The topological polar surface area (TPSA) is 101 Å². The molecule has 0 aromatic heterocycles. The highest BCUT2D eigenvalue weighted by Gasteiger charge is 2.15. The van der Waals surface area contributed by atoms with E-state index in [-0.39, 0.29) is 23.2 Å². The molecule has 0 saturated heterocycles. The number of aryl methyl sites for hydroxylation is 1. The Morgan fingerprint density at radius 3 is 2.36 bits per heavy atom. The van der Waals surface area contributed by atoms with Crippen molar-refractivity contribution in [3.63, 3.8) is 0 Å². The fourth-order valence-electron chi connectivity index (χ4n) is 2.62. The lowest BCUT2D eigenvalue weighted by atomic mass is 10.1. The van der Waals surface area contributed by atoms with Gasteiger partial charge in [0.15, 0.2) is 0 Å². The summed E-state index contributed by atoms with van der Waals surface area (Å²) < 4.78 is 27.6. The normalized spacial score (nSPS) is 10.8. The van der Waals surface area contributed by atoms with Crippen LogP contribution in [-0.4, -0.2) is 20.9 Å². The van der Waals surface area contributed by atoms with E-state index in [9.17, 15) is 13.2 Å². The zero-order valence-corrected chi connectivity index (χ0v) is 17.6. The number of hydrogen-bond donors (Lipinski definition) is 3. The van der Waals surface area contributed by atoms with Crippen LogP contribution in [0.4, 0.5) is 11.4 Å². The highest BCUT2D eigenvalue weighted by atomic mass is 35.5. The van der Waals surface area contributed by atoms with Gasteiger partial charge in [0, 0.05) is 12.1 Å². The molecule has 0 aliphatic carbocycles. The quantitative estimate of drug-likeness (QED) is 0.499. The first-order chi connectivity index (χ1) is 12.9. The monoisotopic (exact) mass is 425 g/mol. The third-order valence-electron chi connectivity index (χ3n) is 4.18. The van der Waals surface area contributed by atoms with Gasteiger partial charge in [-0.15, -0.1) is 12.4 Å². The van der Waals surface area contributed by atoms with Gasteiger partial charge in [-0.1, -0.05) is 37.1 Å². The van der Waals surface area contributed by atoms with E-state index in [2.05, 4.69) is 10.0 Å². The van der Waals surface area contributed by atoms with Crippen molar-refractivity contribution in [1.29, 1.82) is 0 Å². The molecular formula is C20H28ClN3O3S. The van der Waals surface area contributed by atoms with E-state index in [1.54, 1.807) is 36.4 Å². The number of carbonyl (C=O) groups is 1. The molecule has 0 radical (unpaired) electrons. The maximum Gasteiger partial charge on any atom is 0.261 e. The van der Waals surface area contributed by atoms with Crippen LogP contribution in [-0.2, 0) is 14.8 Å². The van der Waals surface area contributed by atoms with Crippen LogP contribution in [0, 0.1) is 6.92 Å². The van der Waals surface area contributed by atoms with E-state index < -0.39 is 10.0 Å². The molecule has 6 nitrogen and oxygen atoms in total.